The summed E-state index contributed by atoms with van der Waals surface area (Å²) in [6.45, 7) is 2.87. The normalized spacial score (nSPS) is 11.4. The Morgan fingerprint density at radius 2 is 1.82 bits per heavy atom. The zero-order valence-electron chi connectivity index (χ0n) is 9.81. The van der Waals surface area contributed by atoms with Crippen LogP contribution in [0.15, 0.2) is 36.4 Å². The van der Waals surface area contributed by atoms with E-state index in [1.807, 2.05) is 30.3 Å². The number of nitrogens with one attached hydrogen (secondary N) is 1. The predicted octanol–water partition coefficient (Wildman–Crippen LogP) is 1.68. The molecule has 4 nitrogen and oxygen atoms in total. The molecule has 0 heterocycles. The second-order valence-electron chi connectivity index (χ2n) is 4.16. The lowest BCUT2D eigenvalue weighted by atomic mass is 10.1. The van der Waals surface area contributed by atoms with Crippen LogP contribution in [-0.2, 0) is 9.59 Å². The third kappa shape index (κ3) is 4.10. The molecule has 0 aromatic heterocycles. The molecule has 90 valence electrons. The third-order valence-electron chi connectivity index (χ3n) is 2.20. The first-order valence-corrected chi connectivity index (χ1v) is 5.20. The van der Waals surface area contributed by atoms with Gasteiger partial charge in [0, 0.05) is 6.08 Å². The fourth-order valence-electron chi connectivity index (χ4n) is 1.14. The molecule has 1 aromatic rings. The van der Waals surface area contributed by atoms with Crippen molar-refractivity contribution < 1.29 is 14.7 Å². The van der Waals surface area contributed by atoms with E-state index >= 15 is 0 Å². The Kier molecular flexibility index (Phi) is 4.04. The molecular weight excluding hydrogens is 218 g/mol. The Morgan fingerprint density at radius 1 is 1.24 bits per heavy atom. The number of carboxylic acid groups (broad SMARTS) is 1. The van der Waals surface area contributed by atoms with E-state index in [1.165, 1.54) is 19.9 Å². The predicted molar refractivity (Wildman–Crippen MR) is 65.3 cm³/mol. The topological polar surface area (TPSA) is 66.4 Å². The Labute approximate surface area is 100.0 Å². The maximum atomic E-state index is 11.5. The van der Waals surface area contributed by atoms with E-state index in [-0.39, 0.29) is 0 Å². The number of benzene rings is 1. The van der Waals surface area contributed by atoms with Gasteiger partial charge in [-0.25, -0.2) is 4.79 Å². The Balaban J connectivity index is 2.62. The van der Waals surface area contributed by atoms with Gasteiger partial charge in [-0.2, -0.15) is 0 Å². The molecule has 0 aliphatic carbocycles. The number of amides is 1. The summed E-state index contributed by atoms with van der Waals surface area (Å²) < 4.78 is 0. The Hall–Kier alpha value is -2.10. The number of carboxylic acids is 1. The number of hydrogen-bond donors (Lipinski definition) is 2. The van der Waals surface area contributed by atoms with Gasteiger partial charge in [-0.1, -0.05) is 30.3 Å². The first-order valence-electron chi connectivity index (χ1n) is 5.20. The zero-order valence-corrected chi connectivity index (χ0v) is 9.81. The zero-order chi connectivity index (χ0) is 12.9. The van der Waals surface area contributed by atoms with Crippen molar-refractivity contribution in [3.8, 4) is 0 Å². The summed E-state index contributed by atoms with van der Waals surface area (Å²) in [7, 11) is 0. The lowest BCUT2D eigenvalue weighted by Gasteiger charge is -2.19. The van der Waals surface area contributed by atoms with Crippen molar-refractivity contribution in [3.63, 3.8) is 0 Å². The molecule has 0 fully saturated rings. The minimum atomic E-state index is -1.27. The smallest absolute Gasteiger partial charge is 0.328 e. The summed E-state index contributed by atoms with van der Waals surface area (Å²) in [5.41, 5.74) is -0.381. The fourth-order valence-corrected chi connectivity index (χ4v) is 1.14. The highest BCUT2D eigenvalue weighted by Crippen LogP contribution is 2.03. The molecule has 0 unspecified atom stereocenters. The number of carbonyl (C=O) groups is 2. The molecule has 0 spiro atoms. The van der Waals surface area contributed by atoms with Gasteiger partial charge in [-0.05, 0) is 25.5 Å². The second kappa shape index (κ2) is 5.30. The van der Waals surface area contributed by atoms with Crippen LogP contribution in [0.25, 0.3) is 6.08 Å². The van der Waals surface area contributed by atoms with Gasteiger partial charge in [0.15, 0.2) is 0 Å². The van der Waals surface area contributed by atoms with Crippen molar-refractivity contribution >= 4 is 18.0 Å². The van der Waals surface area contributed by atoms with Crippen LogP contribution in [0.1, 0.15) is 19.4 Å². The first-order chi connectivity index (χ1) is 7.92. The molecule has 0 saturated carbocycles. The van der Waals surface area contributed by atoms with E-state index in [0.29, 0.717) is 0 Å². The minimum absolute atomic E-state index is 0.429. The van der Waals surface area contributed by atoms with Crippen LogP contribution in [0.2, 0.25) is 0 Å². The average molecular weight is 233 g/mol. The van der Waals surface area contributed by atoms with Crippen molar-refractivity contribution in [2.45, 2.75) is 19.4 Å². The number of aliphatic carboxylic acids is 1. The molecule has 0 saturated heterocycles. The molecule has 0 atom stereocenters. The largest absolute Gasteiger partial charge is 0.480 e. The van der Waals surface area contributed by atoms with Gasteiger partial charge in [-0.3, -0.25) is 4.79 Å². The molecule has 0 radical (unpaired) electrons. The van der Waals surface area contributed by atoms with E-state index in [2.05, 4.69) is 5.32 Å². The summed E-state index contributed by atoms with van der Waals surface area (Å²) in [6, 6.07) is 9.31. The summed E-state index contributed by atoms with van der Waals surface area (Å²) in [5, 5.41) is 11.2. The van der Waals surface area contributed by atoms with Gasteiger partial charge in [0.25, 0.3) is 0 Å². The summed E-state index contributed by atoms with van der Waals surface area (Å²) in [4.78, 5) is 22.3. The van der Waals surface area contributed by atoms with Crippen molar-refractivity contribution in [1.82, 2.24) is 5.32 Å². The van der Waals surface area contributed by atoms with Crippen molar-refractivity contribution in [1.29, 1.82) is 0 Å². The fraction of sp³-hybridized carbons (Fsp3) is 0.231. The van der Waals surface area contributed by atoms with Crippen molar-refractivity contribution in [3.05, 3.63) is 42.0 Å². The molecular formula is C13H15NO3. The van der Waals surface area contributed by atoms with Crippen LogP contribution in [-0.4, -0.2) is 22.5 Å². The van der Waals surface area contributed by atoms with Crippen LogP contribution in [0.5, 0.6) is 0 Å². The average Bonchev–Trinajstić information content (AvgIpc) is 2.27. The highest BCUT2D eigenvalue weighted by Gasteiger charge is 2.27. The van der Waals surface area contributed by atoms with E-state index in [0.717, 1.165) is 5.56 Å². The third-order valence-corrected chi connectivity index (χ3v) is 2.20. The highest BCUT2D eigenvalue weighted by atomic mass is 16.4. The van der Waals surface area contributed by atoms with Crippen LogP contribution >= 0.6 is 0 Å². The molecule has 0 aliphatic rings. The molecule has 2 N–H and O–H groups in total. The van der Waals surface area contributed by atoms with Gasteiger partial charge in [0.1, 0.15) is 5.54 Å². The van der Waals surface area contributed by atoms with Gasteiger partial charge < -0.3 is 10.4 Å². The molecule has 0 aliphatic heterocycles. The quantitative estimate of drug-likeness (QED) is 0.777. The SMILES string of the molecule is CC(C)(NC(=O)/C=C/c1ccccc1)C(=O)O. The second-order valence-corrected chi connectivity index (χ2v) is 4.16. The molecule has 1 amide bonds. The lowest BCUT2D eigenvalue weighted by molar-refractivity contribution is -0.145. The number of carbonyl (C=O) groups excluding carboxylic acids is 1. The molecule has 1 aromatic carbocycles. The first kappa shape index (κ1) is 13.0. The van der Waals surface area contributed by atoms with Crippen molar-refractivity contribution in [2.24, 2.45) is 0 Å². The van der Waals surface area contributed by atoms with Gasteiger partial charge >= 0.3 is 5.97 Å². The highest BCUT2D eigenvalue weighted by molar-refractivity contribution is 5.95. The Morgan fingerprint density at radius 3 is 2.35 bits per heavy atom. The van der Waals surface area contributed by atoms with Crippen LogP contribution < -0.4 is 5.32 Å². The van der Waals surface area contributed by atoms with E-state index in [4.69, 9.17) is 5.11 Å². The molecule has 4 heteroatoms. The van der Waals surface area contributed by atoms with E-state index in [1.54, 1.807) is 6.08 Å². The van der Waals surface area contributed by atoms with Crippen LogP contribution in [0, 0.1) is 0 Å². The number of hydrogen-bond acceptors (Lipinski definition) is 2. The molecule has 17 heavy (non-hydrogen) atoms. The van der Waals surface area contributed by atoms with Gasteiger partial charge in [-0.15, -0.1) is 0 Å². The maximum Gasteiger partial charge on any atom is 0.328 e. The summed E-state index contributed by atoms with van der Waals surface area (Å²) in [6.07, 6.45) is 2.95. The number of rotatable bonds is 4. The standard InChI is InChI=1S/C13H15NO3/c1-13(2,12(16)17)14-11(15)9-8-10-6-4-3-5-7-10/h3-9H,1-2H3,(H,14,15)(H,16,17)/b9-8+. The Bertz CT molecular complexity index is 435. The van der Waals surface area contributed by atoms with Crippen molar-refractivity contribution in [2.75, 3.05) is 0 Å². The monoisotopic (exact) mass is 233 g/mol. The summed E-state index contributed by atoms with van der Waals surface area (Å²) >= 11 is 0. The maximum absolute atomic E-state index is 11.5. The van der Waals surface area contributed by atoms with E-state index in [9.17, 15) is 9.59 Å². The van der Waals surface area contributed by atoms with Crippen LogP contribution in [0.3, 0.4) is 0 Å². The van der Waals surface area contributed by atoms with Gasteiger partial charge in [0.2, 0.25) is 5.91 Å². The van der Waals surface area contributed by atoms with Crippen LogP contribution in [0.4, 0.5) is 0 Å². The minimum Gasteiger partial charge on any atom is -0.480 e. The molecule has 1 rings (SSSR count). The summed E-state index contributed by atoms with van der Waals surface area (Å²) in [5.74, 6) is -1.50. The van der Waals surface area contributed by atoms with Gasteiger partial charge in [0.05, 0.1) is 0 Å². The lowest BCUT2D eigenvalue weighted by Crippen LogP contribution is -2.49. The molecule has 0 bridgehead atoms. The van der Waals surface area contributed by atoms with E-state index < -0.39 is 17.4 Å².